The van der Waals surface area contributed by atoms with E-state index in [9.17, 15) is 13.2 Å². The van der Waals surface area contributed by atoms with Crippen molar-refractivity contribution in [1.29, 1.82) is 0 Å². The SMILES string of the molecule is CCOc1cc(/C=C2\SC(=Nc3ccc(Cl)cc3)N(c3ccc(Cl)cc3)C2=O)cc(Cl)c1OS(=O)(=O)c1ccc(C)cc1. The van der Waals surface area contributed by atoms with Gasteiger partial charge in [0.05, 0.1) is 27.9 Å². The number of halogens is 3. The highest BCUT2D eigenvalue weighted by Gasteiger charge is 2.35. The highest BCUT2D eigenvalue weighted by atomic mass is 35.5. The Morgan fingerprint density at radius 2 is 1.53 bits per heavy atom. The third-order valence-corrected chi connectivity index (χ3v) is 9.06. The van der Waals surface area contributed by atoms with E-state index in [1.165, 1.54) is 34.9 Å². The van der Waals surface area contributed by atoms with Crippen LogP contribution in [-0.2, 0) is 14.9 Å². The highest BCUT2D eigenvalue weighted by molar-refractivity contribution is 8.19. The number of nitrogens with zero attached hydrogens (tertiary/aromatic N) is 2. The van der Waals surface area contributed by atoms with E-state index in [1.807, 2.05) is 6.92 Å². The number of aliphatic imine (C=N–C) groups is 1. The Morgan fingerprint density at radius 1 is 0.907 bits per heavy atom. The molecule has 0 N–H and O–H groups in total. The van der Waals surface area contributed by atoms with E-state index in [0.717, 1.165) is 5.56 Å². The van der Waals surface area contributed by atoms with Crippen molar-refractivity contribution in [2.75, 3.05) is 11.5 Å². The predicted octanol–water partition coefficient (Wildman–Crippen LogP) is 8.93. The Labute approximate surface area is 268 Å². The average Bonchev–Trinajstić information content (AvgIpc) is 3.26. The fourth-order valence-electron chi connectivity index (χ4n) is 4.02. The lowest BCUT2D eigenvalue weighted by Gasteiger charge is -2.16. The second-order valence-electron chi connectivity index (χ2n) is 9.21. The van der Waals surface area contributed by atoms with Crippen LogP contribution < -0.4 is 13.8 Å². The molecule has 0 spiro atoms. The van der Waals surface area contributed by atoms with E-state index in [-0.39, 0.29) is 33.9 Å². The number of benzene rings is 4. The third kappa shape index (κ3) is 7.20. The molecule has 0 aliphatic carbocycles. The van der Waals surface area contributed by atoms with E-state index in [4.69, 9.17) is 43.7 Å². The molecule has 0 saturated carbocycles. The first-order chi connectivity index (χ1) is 20.5. The van der Waals surface area contributed by atoms with E-state index in [0.29, 0.717) is 37.1 Å². The van der Waals surface area contributed by atoms with Crippen LogP contribution >= 0.6 is 46.6 Å². The number of hydrogen-bond acceptors (Lipinski definition) is 7. The number of ether oxygens (including phenoxy) is 1. The van der Waals surface area contributed by atoms with Gasteiger partial charge >= 0.3 is 10.1 Å². The fourth-order valence-corrected chi connectivity index (χ4v) is 6.54. The van der Waals surface area contributed by atoms with Gasteiger partial charge in [0, 0.05) is 10.0 Å². The van der Waals surface area contributed by atoms with Crippen molar-refractivity contribution >= 4 is 85.2 Å². The van der Waals surface area contributed by atoms with E-state index in [2.05, 4.69) is 4.99 Å². The average molecular weight is 674 g/mol. The first-order valence-electron chi connectivity index (χ1n) is 12.9. The van der Waals surface area contributed by atoms with Gasteiger partial charge in [-0.2, -0.15) is 8.42 Å². The summed E-state index contributed by atoms with van der Waals surface area (Å²) in [6, 6.07) is 23.1. The Hall–Kier alpha value is -3.47. The van der Waals surface area contributed by atoms with Gasteiger partial charge in [0.2, 0.25) is 5.75 Å². The van der Waals surface area contributed by atoms with Gasteiger partial charge in [0.1, 0.15) is 4.90 Å². The predicted molar refractivity (Wildman–Crippen MR) is 175 cm³/mol. The van der Waals surface area contributed by atoms with Gasteiger partial charge in [0.25, 0.3) is 5.91 Å². The number of amidine groups is 1. The highest BCUT2D eigenvalue weighted by Crippen LogP contribution is 2.42. The number of amides is 1. The molecule has 43 heavy (non-hydrogen) atoms. The molecule has 12 heteroatoms. The molecule has 0 aromatic heterocycles. The summed E-state index contributed by atoms with van der Waals surface area (Å²) >= 11 is 19.8. The van der Waals surface area contributed by atoms with Crippen molar-refractivity contribution in [1.82, 2.24) is 0 Å². The van der Waals surface area contributed by atoms with Crippen LogP contribution in [0.4, 0.5) is 11.4 Å². The van der Waals surface area contributed by atoms with Gasteiger partial charge in [-0.15, -0.1) is 0 Å². The van der Waals surface area contributed by atoms with E-state index in [1.54, 1.807) is 79.7 Å². The second-order valence-corrected chi connectivity index (χ2v) is 13.0. The molecule has 0 atom stereocenters. The molecule has 1 fully saturated rings. The van der Waals surface area contributed by atoms with Crippen LogP contribution in [0, 0.1) is 6.92 Å². The molecule has 1 heterocycles. The monoisotopic (exact) mass is 672 g/mol. The minimum Gasteiger partial charge on any atom is -0.490 e. The van der Waals surface area contributed by atoms with Gasteiger partial charge < -0.3 is 8.92 Å². The van der Waals surface area contributed by atoms with Gasteiger partial charge in [0.15, 0.2) is 10.9 Å². The van der Waals surface area contributed by atoms with Crippen LogP contribution in [0.1, 0.15) is 18.1 Å². The molecule has 7 nitrogen and oxygen atoms in total. The lowest BCUT2D eigenvalue weighted by molar-refractivity contribution is -0.113. The summed E-state index contributed by atoms with van der Waals surface area (Å²) in [7, 11) is -4.20. The summed E-state index contributed by atoms with van der Waals surface area (Å²) in [5.74, 6) is -0.363. The Balaban J connectivity index is 1.52. The number of rotatable bonds is 8. The summed E-state index contributed by atoms with van der Waals surface area (Å²) in [5.41, 5.74) is 2.59. The minimum absolute atomic E-state index is 0.00598. The summed E-state index contributed by atoms with van der Waals surface area (Å²) in [4.78, 5) is 20.2. The standard InChI is InChI=1S/C31H23Cl3N2O5S2/c1-3-40-27-17-20(16-26(34)29(27)41-43(38,39)25-14-4-19(2)5-15-25)18-28-30(37)36(24-12-8-22(33)9-13-24)31(42-28)35-23-10-6-21(32)7-11-23/h4-18H,3H2,1-2H3/b28-18-,35-31?. The maximum Gasteiger partial charge on any atom is 0.339 e. The number of aryl methyl sites for hydroxylation is 1. The molecule has 0 radical (unpaired) electrons. The molecule has 1 aliphatic heterocycles. The largest absolute Gasteiger partial charge is 0.490 e. The quantitative estimate of drug-likeness (QED) is 0.137. The number of thioether (sulfide) groups is 1. The molecule has 4 aromatic carbocycles. The topological polar surface area (TPSA) is 85.3 Å². The number of carbonyl (C=O) groups is 1. The summed E-state index contributed by atoms with van der Waals surface area (Å²) in [6.07, 6.45) is 1.63. The Morgan fingerprint density at radius 3 is 2.16 bits per heavy atom. The van der Waals surface area contributed by atoms with Crippen LogP contribution in [-0.4, -0.2) is 26.1 Å². The number of hydrogen-bond donors (Lipinski definition) is 0. The maximum atomic E-state index is 13.7. The molecule has 0 bridgehead atoms. The third-order valence-electron chi connectivity index (χ3n) is 6.07. The zero-order valence-corrected chi connectivity index (χ0v) is 26.7. The molecule has 0 unspecified atom stereocenters. The van der Waals surface area contributed by atoms with Gasteiger partial charge in [-0.25, -0.2) is 4.99 Å². The smallest absolute Gasteiger partial charge is 0.339 e. The van der Waals surface area contributed by atoms with Crippen LogP contribution in [0.15, 0.2) is 99.7 Å². The van der Waals surface area contributed by atoms with Gasteiger partial charge in [-0.3, -0.25) is 9.69 Å². The molecule has 220 valence electrons. The van der Waals surface area contributed by atoms with Crippen LogP contribution in [0.5, 0.6) is 11.5 Å². The first kappa shape index (κ1) is 31.0. The number of carbonyl (C=O) groups excluding carboxylic acids is 1. The van der Waals surface area contributed by atoms with E-state index < -0.39 is 10.1 Å². The molecular formula is C31H23Cl3N2O5S2. The van der Waals surface area contributed by atoms with Crippen molar-refractivity contribution < 1.29 is 22.1 Å². The normalized spacial score (nSPS) is 15.4. The van der Waals surface area contributed by atoms with Crippen molar-refractivity contribution in [3.05, 3.63) is 116 Å². The lowest BCUT2D eigenvalue weighted by Crippen LogP contribution is -2.28. The zero-order chi connectivity index (χ0) is 30.7. The number of anilines is 1. The van der Waals surface area contributed by atoms with Crippen molar-refractivity contribution in [2.24, 2.45) is 4.99 Å². The van der Waals surface area contributed by atoms with Crippen LogP contribution in [0.25, 0.3) is 6.08 Å². The van der Waals surface area contributed by atoms with Gasteiger partial charge in [-0.1, -0.05) is 52.5 Å². The molecular weight excluding hydrogens is 651 g/mol. The van der Waals surface area contributed by atoms with E-state index >= 15 is 0 Å². The molecule has 5 rings (SSSR count). The molecule has 4 aromatic rings. The second kappa shape index (κ2) is 13.0. The minimum atomic E-state index is -4.20. The summed E-state index contributed by atoms with van der Waals surface area (Å²) < 4.78 is 37.1. The van der Waals surface area contributed by atoms with Crippen LogP contribution in [0.3, 0.4) is 0 Å². The van der Waals surface area contributed by atoms with Crippen LogP contribution in [0.2, 0.25) is 15.1 Å². The maximum absolute atomic E-state index is 13.7. The van der Waals surface area contributed by atoms with Crippen molar-refractivity contribution in [2.45, 2.75) is 18.7 Å². The molecule has 1 amide bonds. The zero-order valence-electron chi connectivity index (χ0n) is 22.8. The Kier molecular flexibility index (Phi) is 9.39. The Bertz CT molecular complexity index is 1840. The van der Waals surface area contributed by atoms with Crippen molar-refractivity contribution in [3.8, 4) is 11.5 Å². The first-order valence-corrected chi connectivity index (χ1v) is 16.2. The summed E-state index contributed by atoms with van der Waals surface area (Å²) in [5, 5.41) is 1.50. The fraction of sp³-hybridized carbons (Fsp3) is 0.0968. The molecule has 1 aliphatic rings. The van der Waals surface area contributed by atoms with Crippen molar-refractivity contribution in [3.63, 3.8) is 0 Å². The lowest BCUT2D eigenvalue weighted by atomic mass is 10.1. The summed E-state index contributed by atoms with van der Waals surface area (Å²) in [6.45, 7) is 3.81. The molecule has 1 saturated heterocycles. The van der Waals surface area contributed by atoms with Gasteiger partial charge in [-0.05, 0) is 110 Å².